The normalized spacial score (nSPS) is 11.6. The molecule has 25 heavy (non-hydrogen) atoms. The van der Waals surface area contributed by atoms with Crippen LogP contribution in [0.2, 0.25) is 10.0 Å². The molecule has 2 aromatic rings. The molecule has 130 valence electrons. The van der Waals surface area contributed by atoms with Gasteiger partial charge in [0.1, 0.15) is 22.2 Å². The van der Waals surface area contributed by atoms with Gasteiger partial charge in [-0.15, -0.1) is 13.7 Å². The van der Waals surface area contributed by atoms with Crippen molar-refractivity contribution in [2.24, 2.45) is 10.3 Å². The molecule has 12 heteroatoms. The minimum absolute atomic E-state index is 0.179. The number of nitriles is 1. The van der Waals surface area contributed by atoms with Crippen molar-refractivity contribution in [1.82, 2.24) is 4.68 Å². The summed E-state index contributed by atoms with van der Waals surface area (Å²) in [5.74, 6) is -0.735. The fourth-order valence-corrected chi connectivity index (χ4v) is 3.06. The SMILES string of the molecule is Cc1cc(=O)n(N=Nc2cc(Cl)c(S(=O)(=O)F)cc2Cl)c(O)c1C#N. The summed E-state index contributed by atoms with van der Waals surface area (Å²) in [5.41, 5.74) is -0.899. The fourth-order valence-electron chi connectivity index (χ4n) is 1.80. The Morgan fingerprint density at radius 1 is 1.28 bits per heavy atom. The van der Waals surface area contributed by atoms with E-state index in [1.165, 1.54) is 6.92 Å². The summed E-state index contributed by atoms with van der Waals surface area (Å²) in [5, 5.41) is 25.1. The van der Waals surface area contributed by atoms with Crippen molar-refractivity contribution >= 4 is 39.1 Å². The van der Waals surface area contributed by atoms with Gasteiger partial charge in [-0.25, -0.2) is 0 Å². The van der Waals surface area contributed by atoms with Crippen molar-refractivity contribution < 1.29 is 17.4 Å². The number of pyridine rings is 1. The third-order valence-corrected chi connectivity index (χ3v) is 4.58. The number of halogens is 3. The zero-order chi connectivity index (χ0) is 18.9. The molecule has 1 aromatic carbocycles. The Hall–Kier alpha value is -2.48. The van der Waals surface area contributed by atoms with Crippen LogP contribution in [0.15, 0.2) is 38.2 Å². The van der Waals surface area contributed by atoms with Crippen LogP contribution in [0.5, 0.6) is 5.88 Å². The zero-order valence-electron chi connectivity index (χ0n) is 12.2. The predicted octanol–water partition coefficient (Wildman–Crippen LogP) is 3.25. The topological polar surface area (TPSA) is 125 Å². The molecule has 1 N–H and O–H groups in total. The van der Waals surface area contributed by atoms with Gasteiger partial charge in [0.05, 0.1) is 10.0 Å². The maximum Gasteiger partial charge on any atom is 0.333 e. The first-order chi connectivity index (χ1) is 11.6. The van der Waals surface area contributed by atoms with Crippen molar-refractivity contribution in [3.8, 4) is 11.9 Å². The number of nitrogens with zero attached hydrogens (tertiary/aromatic N) is 4. The van der Waals surface area contributed by atoms with Crippen molar-refractivity contribution in [2.75, 3.05) is 0 Å². The molecule has 0 fully saturated rings. The molecule has 1 heterocycles. The van der Waals surface area contributed by atoms with E-state index in [0.717, 1.165) is 18.2 Å². The van der Waals surface area contributed by atoms with Crippen LogP contribution in [0.3, 0.4) is 0 Å². The number of aromatic nitrogens is 1. The number of benzene rings is 1. The van der Waals surface area contributed by atoms with Crippen LogP contribution in [0.25, 0.3) is 0 Å². The van der Waals surface area contributed by atoms with Crippen molar-refractivity contribution in [2.45, 2.75) is 11.8 Å². The molecular formula is C13H7Cl2FN4O4S. The van der Waals surface area contributed by atoms with E-state index in [4.69, 9.17) is 28.5 Å². The molecule has 0 amide bonds. The van der Waals surface area contributed by atoms with Crippen LogP contribution in [0.4, 0.5) is 9.57 Å². The van der Waals surface area contributed by atoms with Gasteiger partial charge >= 0.3 is 10.2 Å². The lowest BCUT2D eigenvalue weighted by Crippen LogP contribution is -2.16. The van der Waals surface area contributed by atoms with E-state index in [1.807, 2.05) is 0 Å². The van der Waals surface area contributed by atoms with Gasteiger partial charge in [-0.3, -0.25) is 4.79 Å². The summed E-state index contributed by atoms with van der Waals surface area (Å²) in [4.78, 5) is 11.0. The molecule has 0 atom stereocenters. The molecule has 0 spiro atoms. The molecule has 0 aliphatic carbocycles. The first-order valence-corrected chi connectivity index (χ1v) is 8.41. The van der Waals surface area contributed by atoms with Crippen LogP contribution in [-0.2, 0) is 10.2 Å². The largest absolute Gasteiger partial charge is 0.492 e. The van der Waals surface area contributed by atoms with E-state index in [2.05, 4.69) is 10.3 Å². The van der Waals surface area contributed by atoms with Gasteiger partial charge in [0, 0.05) is 6.07 Å². The van der Waals surface area contributed by atoms with Gasteiger partial charge in [-0.05, 0) is 24.6 Å². The maximum absolute atomic E-state index is 13.0. The minimum atomic E-state index is -5.09. The molecule has 2 rings (SSSR count). The average Bonchev–Trinajstić information content (AvgIpc) is 2.48. The van der Waals surface area contributed by atoms with Gasteiger partial charge in [0.25, 0.3) is 5.56 Å². The lowest BCUT2D eigenvalue weighted by atomic mass is 10.2. The lowest BCUT2D eigenvalue weighted by Gasteiger charge is -2.05. The number of hydrogen-bond donors (Lipinski definition) is 1. The van der Waals surface area contributed by atoms with Crippen molar-refractivity contribution in [1.29, 1.82) is 5.26 Å². The molecule has 0 aliphatic rings. The Bertz CT molecular complexity index is 1110. The minimum Gasteiger partial charge on any atom is -0.492 e. The van der Waals surface area contributed by atoms with E-state index in [1.54, 1.807) is 6.07 Å². The molecule has 0 radical (unpaired) electrons. The van der Waals surface area contributed by atoms with Gasteiger partial charge in [0.2, 0.25) is 5.88 Å². The second kappa shape index (κ2) is 6.79. The van der Waals surface area contributed by atoms with Crippen LogP contribution in [-0.4, -0.2) is 18.2 Å². The Morgan fingerprint density at radius 2 is 1.92 bits per heavy atom. The van der Waals surface area contributed by atoms with E-state index < -0.39 is 31.6 Å². The third-order valence-electron chi connectivity index (χ3n) is 2.99. The first-order valence-electron chi connectivity index (χ1n) is 6.27. The summed E-state index contributed by atoms with van der Waals surface area (Å²) >= 11 is 11.4. The second-order valence-corrected chi connectivity index (χ2v) is 6.78. The van der Waals surface area contributed by atoms with Crippen molar-refractivity contribution in [3.05, 3.63) is 49.7 Å². The molecule has 1 aromatic heterocycles. The highest BCUT2D eigenvalue weighted by Gasteiger charge is 2.19. The van der Waals surface area contributed by atoms with Gasteiger partial charge in [-0.1, -0.05) is 28.4 Å². The summed E-state index contributed by atoms with van der Waals surface area (Å²) < 4.78 is 35.3. The average molecular weight is 405 g/mol. The summed E-state index contributed by atoms with van der Waals surface area (Å²) in [6.45, 7) is 1.45. The summed E-state index contributed by atoms with van der Waals surface area (Å²) in [6, 6.07) is 4.41. The highest BCUT2D eigenvalue weighted by Crippen LogP contribution is 2.34. The molecular weight excluding hydrogens is 398 g/mol. The predicted molar refractivity (Wildman–Crippen MR) is 86.5 cm³/mol. The molecule has 0 aliphatic heterocycles. The van der Waals surface area contributed by atoms with Crippen molar-refractivity contribution in [3.63, 3.8) is 0 Å². The molecule has 0 unspecified atom stereocenters. The molecule has 0 bridgehead atoms. The van der Waals surface area contributed by atoms with Gasteiger partial charge < -0.3 is 5.11 Å². The summed E-state index contributed by atoms with van der Waals surface area (Å²) in [7, 11) is -5.09. The Morgan fingerprint density at radius 3 is 2.48 bits per heavy atom. The lowest BCUT2D eigenvalue weighted by molar-refractivity contribution is 0.413. The smallest absolute Gasteiger partial charge is 0.333 e. The molecule has 0 saturated heterocycles. The van der Waals surface area contributed by atoms with Crippen LogP contribution >= 0.6 is 23.2 Å². The van der Waals surface area contributed by atoms with E-state index >= 15 is 0 Å². The molecule has 8 nitrogen and oxygen atoms in total. The Kier molecular flexibility index (Phi) is 5.12. The van der Waals surface area contributed by atoms with Gasteiger partial charge in [0.15, 0.2) is 0 Å². The number of aryl methyl sites for hydroxylation is 1. The quantitative estimate of drug-likeness (QED) is 0.620. The van der Waals surface area contributed by atoms with Gasteiger partial charge in [-0.2, -0.15) is 13.7 Å². The Balaban J connectivity index is 2.57. The highest BCUT2D eigenvalue weighted by molar-refractivity contribution is 7.86. The van der Waals surface area contributed by atoms with Crippen LogP contribution < -0.4 is 5.56 Å². The standard InChI is InChI=1S/C13H7Cl2FN4O4S/c1-6-2-12(21)20(13(22)7(6)5-17)19-18-10-3-9(15)11(4-8(10)14)25(16,23)24/h2-4,22H,1H3. The highest BCUT2D eigenvalue weighted by atomic mass is 35.5. The monoisotopic (exact) mass is 404 g/mol. The first kappa shape index (κ1) is 18.9. The Labute approximate surface area is 150 Å². The van der Waals surface area contributed by atoms with E-state index in [0.29, 0.717) is 4.68 Å². The number of aromatic hydroxyl groups is 1. The van der Waals surface area contributed by atoms with Crippen LogP contribution in [0, 0.1) is 18.3 Å². The number of hydrogen-bond acceptors (Lipinski definition) is 7. The van der Waals surface area contributed by atoms with Crippen LogP contribution in [0.1, 0.15) is 11.1 Å². The fraction of sp³-hybridized carbons (Fsp3) is 0.0769. The maximum atomic E-state index is 13.0. The molecule has 0 saturated carbocycles. The third kappa shape index (κ3) is 3.79. The second-order valence-electron chi connectivity index (χ2n) is 4.65. The number of rotatable bonds is 3. The zero-order valence-corrected chi connectivity index (χ0v) is 14.6. The van der Waals surface area contributed by atoms with E-state index in [9.17, 15) is 22.2 Å². The summed E-state index contributed by atoms with van der Waals surface area (Å²) in [6.07, 6.45) is 0. The van der Waals surface area contributed by atoms with E-state index in [-0.39, 0.29) is 21.8 Å².